The van der Waals surface area contributed by atoms with Crippen LogP contribution in [0.4, 0.5) is 15.8 Å². The van der Waals surface area contributed by atoms with Gasteiger partial charge in [-0.2, -0.15) is 0 Å². The second-order valence-corrected chi connectivity index (χ2v) is 7.88. The Morgan fingerprint density at radius 2 is 1.76 bits per heavy atom. The number of ether oxygens (including phenoxy) is 1. The number of benzene rings is 2. The van der Waals surface area contributed by atoms with Gasteiger partial charge in [0.1, 0.15) is 5.82 Å². The Balaban J connectivity index is 1.29. The van der Waals surface area contributed by atoms with Crippen molar-refractivity contribution in [1.82, 2.24) is 4.90 Å². The Hall–Kier alpha value is -4.14. The van der Waals surface area contributed by atoms with E-state index < -0.39 is 11.9 Å². The average Bonchev–Trinajstić information content (AvgIpc) is 3.39. The molecular weight excluding hydrogens is 441 g/mol. The summed E-state index contributed by atoms with van der Waals surface area (Å²) in [5, 5.41) is 2.70. The number of rotatable bonds is 6. The molecule has 0 bridgehead atoms. The molecule has 176 valence electrons. The smallest absolute Gasteiger partial charge is 0.338 e. The number of piperazine rings is 1. The minimum atomic E-state index is -0.660. The maximum absolute atomic E-state index is 13.1. The van der Waals surface area contributed by atoms with E-state index in [1.807, 2.05) is 0 Å². The van der Waals surface area contributed by atoms with Gasteiger partial charge in [-0.3, -0.25) is 9.59 Å². The Bertz CT molecular complexity index is 1170. The third-order valence-corrected chi connectivity index (χ3v) is 5.62. The summed E-state index contributed by atoms with van der Waals surface area (Å²) < 4.78 is 23.4. The lowest BCUT2D eigenvalue weighted by molar-refractivity contribution is -0.134. The molecule has 34 heavy (non-hydrogen) atoms. The first kappa shape index (κ1) is 23.0. The van der Waals surface area contributed by atoms with Crippen molar-refractivity contribution in [1.29, 1.82) is 0 Å². The van der Waals surface area contributed by atoms with E-state index in [9.17, 15) is 18.8 Å². The summed E-state index contributed by atoms with van der Waals surface area (Å²) in [6, 6.07) is 14.1. The molecule has 1 aliphatic heterocycles. The molecule has 2 aromatic carbocycles. The fraction of sp³-hybridized carbons (Fsp3) is 0.240. The van der Waals surface area contributed by atoms with Crippen LogP contribution in [-0.2, 0) is 9.53 Å². The fourth-order valence-corrected chi connectivity index (χ4v) is 3.64. The van der Waals surface area contributed by atoms with Crippen molar-refractivity contribution in [3.8, 4) is 0 Å². The molecule has 0 unspecified atom stereocenters. The molecule has 4 rings (SSSR count). The highest BCUT2D eigenvalue weighted by atomic mass is 19.1. The highest BCUT2D eigenvalue weighted by Crippen LogP contribution is 2.20. The van der Waals surface area contributed by atoms with Gasteiger partial charge in [0.25, 0.3) is 11.8 Å². The number of halogens is 1. The van der Waals surface area contributed by atoms with Crippen LogP contribution in [0.5, 0.6) is 0 Å². The summed E-state index contributed by atoms with van der Waals surface area (Å²) in [7, 11) is 0. The Labute approximate surface area is 195 Å². The molecule has 9 heteroatoms. The van der Waals surface area contributed by atoms with Crippen molar-refractivity contribution in [2.45, 2.75) is 6.92 Å². The maximum atomic E-state index is 13.1. The number of hydrogen-bond donors (Lipinski definition) is 1. The van der Waals surface area contributed by atoms with Gasteiger partial charge in [0, 0.05) is 37.6 Å². The van der Waals surface area contributed by atoms with Crippen LogP contribution >= 0.6 is 0 Å². The Morgan fingerprint density at radius 1 is 1.03 bits per heavy atom. The number of esters is 1. The molecule has 0 saturated carbocycles. The van der Waals surface area contributed by atoms with E-state index >= 15 is 0 Å². The Morgan fingerprint density at radius 3 is 2.44 bits per heavy atom. The third-order valence-electron chi connectivity index (χ3n) is 5.62. The van der Waals surface area contributed by atoms with Crippen LogP contribution in [0.15, 0.2) is 65.3 Å². The number of anilines is 2. The number of carbonyl (C=O) groups excluding carboxylic acids is 3. The summed E-state index contributed by atoms with van der Waals surface area (Å²) >= 11 is 0. The van der Waals surface area contributed by atoms with Gasteiger partial charge in [-0.1, -0.05) is 6.07 Å². The van der Waals surface area contributed by atoms with Gasteiger partial charge < -0.3 is 24.3 Å². The highest BCUT2D eigenvalue weighted by molar-refractivity contribution is 6.03. The summed E-state index contributed by atoms with van der Waals surface area (Å²) in [6.07, 6.45) is 1.40. The van der Waals surface area contributed by atoms with Crippen LogP contribution in [0.25, 0.3) is 0 Å². The van der Waals surface area contributed by atoms with E-state index in [0.29, 0.717) is 31.9 Å². The largest absolute Gasteiger partial charge is 0.459 e. The topological polar surface area (TPSA) is 92.1 Å². The minimum Gasteiger partial charge on any atom is -0.459 e. The van der Waals surface area contributed by atoms with E-state index in [1.165, 1.54) is 30.5 Å². The summed E-state index contributed by atoms with van der Waals surface area (Å²) in [5.41, 5.74) is 2.31. The molecule has 3 aromatic rings. The van der Waals surface area contributed by atoms with Gasteiger partial charge >= 0.3 is 5.97 Å². The normalized spacial score (nSPS) is 13.5. The van der Waals surface area contributed by atoms with E-state index in [1.54, 1.807) is 42.2 Å². The van der Waals surface area contributed by atoms with Crippen molar-refractivity contribution in [2.75, 3.05) is 43.0 Å². The molecule has 1 N–H and O–H groups in total. The lowest BCUT2D eigenvalue weighted by Crippen LogP contribution is -2.49. The average molecular weight is 465 g/mol. The van der Waals surface area contributed by atoms with Crippen LogP contribution in [-0.4, -0.2) is 55.5 Å². The number of hydrogen-bond acceptors (Lipinski definition) is 6. The van der Waals surface area contributed by atoms with E-state index in [-0.39, 0.29) is 29.7 Å². The van der Waals surface area contributed by atoms with Crippen LogP contribution in [0.2, 0.25) is 0 Å². The van der Waals surface area contributed by atoms with Gasteiger partial charge in [0.2, 0.25) is 0 Å². The van der Waals surface area contributed by atoms with E-state index in [0.717, 1.165) is 11.3 Å². The van der Waals surface area contributed by atoms with Crippen molar-refractivity contribution in [3.05, 3.63) is 83.6 Å². The molecule has 8 nitrogen and oxygen atoms in total. The minimum absolute atomic E-state index is 0.150. The predicted octanol–water partition coefficient (Wildman–Crippen LogP) is 3.49. The van der Waals surface area contributed by atoms with Crippen molar-refractivity contribution >= 4 is 29.2 Å². The third kappa shape index (κ3) is 5.43. The zero-order chi connectivity index (χ0) is 24.1. The standard InChI is InChI=1S/C25H24FN3O5/c1-17-4-5-18(15-21(17)27-24(31)22-3-2-14-33-22)25(32)34-16-23(30)29-12-10-28(11-13-29)20-8-6-19(26)7-9-20/h2-9,14-15H,10-13,16H2,1H3,(H,27,31). The SMILES string of the molecule is Cc1ccc(C(=O)OCC(=O)N2CCN(c3ccc(F)cc3)CC2)cc1NC(=O)c1ccco1. The molecule has 1 saturated heterocycles. The van der Waals surface area contributed by atoms with Crippen molar-refractivity contribution < 1.29 is 27.9 Å². The second kappa shape index (κ2) is 10.2. The number of aryl methyl sites for hydroxylation is 1. The number of furan rings is 1. The quantitative estimate of drug-likeness (QED) is 0.561. The molecule has 0 aliphatic carbocycles. The summed E-state index contributed by atoms with van der Waals surface area (Å²) in [6.45, 7) is 3.56. The van der Waals surface area contributed by atoms with Gasteiger partial charge in [0.05, 0.1) is 11.8 Å². The van der Waals surface area contributed by atoms with Crippen LogP contribution in [0.1, 0.15) is 26.5 Å². The zero-order valence-electron chi connectivity index (χ0n) is 18.6. The summed E-state index contributed by atoms with van der Waals surface area (Å²) in [5.74, 6) is -1.52. The first-order valence-electron chi connectivity index (χ1n) is 10.8. The number of nitrogens with one attached hydrogen (secondary N) is 1. The van der Waals surface area contributed by atoms with Gasteiger partial charge in [-0.15, -0.1) is 0 Å². The zero-order valence-corrected chi connectivity index (χ0v) is 18.6. The fourth-order valence-electron chi connectivity index (χ4n) is 3.64. The molecule has 1 aliphatic rings. The molecule has 2 heterocycles. The number of carbonyl (C=O) groups is 3. The van der Waals surface area contributed by atoms with E-state index in [2.05, 4.69) is 10.2 Å². The number of nitrogens with zero attached hydrogens (tertiary/aromatic N) is 2. The first-order chi connectivity index (χ1) is 16.4. The maximum Gasteiger partial charge on any atom is 0.338 e. The monoisotopic (exact) mass is 465 g/mol. The van der Waals surface area contributed by atoms with Gasteiger partial charge in [-0.25, -0.2) is 9.18 Å². The highest BCUT2D eigenvalue weighted by Gasteiger charge is 2.23. The number of amides is 2. The predicted molar refractivity (Wildman–Crippen MR) is 123 cm³/mol. The van der Waals surface area contributed by atoms with Crippen LogP contribution in [0, 0.1) is 12.7 Å². The lowest BCUT2D eigenvalue weighted by atomic mass is 10.1. The second-order valence-electron chi connectivity index (χ2n) is 7.88. The summed E-state index contributed by atoms with van der Waals surface area (Å²) in [4.78, 5) is 41.0. The molecule has 0 atom stereocenters. The molecule has 0 radical (unpaired) electrons. The first-order valence-corrected chi connectivity index (χ1v) is 10.8. The van der Waals surface area contributed by atoms with Crippen LogP contribution in [0.3, 0.4) is 0 Å². The Kier molecular flexibility index (Phi) is 6.91. The molecule has 1 fully saturated rings. The van der Waals surface area contributed by atoms with E-state index in [4.69, 9.17) is 9.15 Å². The molecule has 2 amide bonds. The molecule has 0 spiro atoms. The molecular formula is C25H24FN3O5. The lowest BCUT2D eigenvalue weighted by Gasteiger charge is -2.36. The van der Waals surface area contributed by atoms with Crippen molar-refractivity contribution in [3.63, 3.8) is 0 Å². The van der Waals surface area contributed by atoms with Crippen LogP contribution < -0.4 is 10.2 Å². The van der Waals surface area contributed by atoms with Gasteiger partial charge in [0.15, 0.2) is 12.4 Å². The molecule has 1 aromatic heterocycles. The van der Waals surface area contributed by atoms with Gasteiger partial charge in [-0.05, 0) is 61.0 Å². The van der Waals surface area contributed by atoms with Crippen molar-refractivity contribution in [2.24, 2.45) is 0 Å².